The van der Waals surface area contributed by atoms with Gasteiger partial charge in [-0.15, -0.1) is 0 Å². The fraction of sp³-hybridized carbons (Fsp3) is 0.933. The first-order valence-corrected chi connectivity index (χ1v) is 8.03. The van der Waals surface area contributed by atoms with Crippen LogP contribution in [0.25, 0.3) is 0 Å². The van der Waals surface area contributed by atoms with Crippen molar-refractivity contribution in [3.63, 3.8) is 0 Å². The van der Waals surface area contributed by atoms with Gasteiger partial charge in [-0.25, -0.2) is 0 Å². The lowest BCUT2D eigenvalue weighted by Crippen LogP contribution is -2.71. The van der Waals surface area contributed by atoms with Gasteiger partial charge >= 0.3 is 36.2 Å². The molecule has 0 aliphatic rings. The van der Waals surface area contributed by atoms with Crippen molar-refractivity contribution in [3.05, 3.63) is 0 Å². The third-order valence-electron chi connectivity index (χ3n) is 4.50. The second kappa shape index (κ2) is 7.95. The first-order valence-electron chi connectivity index (χ1n) is 8.03. The molecule has 0 spiro atoms. The number of hydrogen-bond acceptors (Lipinski definition) is 4. The summed E-state index contributed by atoms with van der Waals surface area (Å²) in [6.45, 7) is 2.64. The van der Waals surface area contributed by atoms with E-state index in [0.29, 0.717) is 0 Å². The van der Waals surface area contributed by atoms with E-state index in [1.165, 1.54) is 6.92 Å². The summed E-state index contributed by atoms with van der Waals surface area (Å²) in [4.78, 5) is 11.8. The van der Waals surface area contributed by atoms with Gasteiger partial charge in [-0.3, -0.25) is 4.79 Å². The average molecular weight is 472 g/mol. The molecule has 0 aromatic rings. The monoisotopic (exact) mass is 472 g/mol. The number of alkyl halides is 11. The summed E-state index contributed by atoms with van der Waals surface area (Å²) in [5.74, 6) is -13.9. The van der Waals surface area contributed by atoms with Gasteiger partial charge in [-0.05, 0) is 34.1 Å². The summed E-state index contributed by atoms with van der Waals surface area (Å²) in [6, 6.07) is 0. The van der Waals surface area contributed by atoms with Gasteiger partial charge in [0.1, 0.15) is 0 Å². The molecule has 0 bridgehead atoms. The van der Waals surface area contributed by atoms with Crippen molar-refractivity contribution in [1.29, 1.82) is 0 Å². The molecule has 0 heterocycles. The van der Waals surface area contributed by atoms with Crippen LogP contribution < -0.4 is 0 Å². The minimum Gasteiger partial charge on any atom is -0.456 e. The molecule has 180 valence electrons. The molecule has 0 saturated carbocycles. The lowest BCUT2D eigenvalue weighted by atomic mass is 9.90. The van der Waals surface area contributed by atoms with Crippen molar-refractivity contribution >= 4 is 5.97 Å². The number of carbonyl (C=O) groups excluding carboxylic acids is 1. The van der Waals surface area contributed by atoms with Crippen LogP contribution in [0.2, 0.25) is 0 Å². The van der Waals surface area contributed by atoms with E-state index in [4.69, 9.17) is 0 Å². The number of aliphatic hydroxyl groups is 1. The highest BCUT2D eigenvalue weighted by Gasteiger charge is 2.81. The van der Waals surface area contributed by atoms with Crippen molar-refractivity contribution in [1.82, 2.24) is 0 Å². The molecule has 4 nitrogen and oxygen atoms in total. The van der Waals surface area contributed by atoms with E-state index in [1.807, 2.05) is 0 Å². The zero-order chi connectivity index (χ0) is 24.8. The Morgan fingerprint density at radius 2 is 1.20 bits per heavy atom. The zero-order valence-corrected chi connectivity index (χ0v) is 16.1. The topological polar surface area (TPSA) is 55.8 Å². The summed E-state index contributed by atoms with van der Waals surface area (Å²) in [5, 5.41) is 9.39. The SMILES string of the molecule is CCC(C)(C)C(=O)OC(C)C(F)(F)C(O)(OC(C)(C(F)(F)F)C(F)(F)F)C(F)(F)F. The van der Waals surface area contributed by atoms with Crippen molar-refractivity contribution in [3.8, 4) is 0 Å². The van der Waals surface area contributed by atoms with Crippen LogP contribution in [0, 0.1) is 5.41 Å². The van der Waals surface area contributed by atoms with Crippen LogP contribution in [-0.4, -0.2) is 53.0 Å². The molecule has 15 heteroatoms. The third kappa shape index (κ3) is 4.92. The minimum absolute atomic E-state index is 0.0439. The lowest BCUT2D eigenvalue weighted by molar-refractivity contribution is -0.504. The first kappa shape index (κ1) is 28.6. The molecule has 0 radical (unpaired) electrons. The number of hydrogen-bond donors (Lipinski definition) is 1. The van der Waals surface area contributed by atoms with E-state index in [9.17, 15) is 58.2 Å². The van der Waals surface area contributed by atoms with E-state index >= 15 is 0 Å². The standard InChI is InChI=1S/C15H19F11O4/c1-6-9(3,4)8(27)29-7(2)11(16,17)12(28,15(24,25)26)30-10(5,13(18,19)20)14(21,22)23/h7,28H,6H2,1-5H3. The predicted molar refractivity (Wildman–Crippen MR) is 77.2 cm³/mol. The van der Waals surface area contributed by atoms with Gasteiger partial charge in [0.2, 0.25) is 0 Å². The van der Waals surface area contributed by atoms with Crippen molar-refractivity contribution in [2.24, 2.45) is 5.41 Å². The van der Waals surface area contributed by atoms with E-state index in [2.05, 4.69) is 9.47 Å². The van der Waals surface area contributed by atoms with Crippen LogP contribution in [0.15, 0.2) is 0 Å². The number of esters is 1. The summed E-state index contributed by atoms with van der Waals surface area (Å²) in [5.41, 5.74) is -7.41. The Labute approximate surface area is 163 Å². The molecule has 0 amide bonds. The minimum atomic E-state index is -6.88. The Bertz CT molecular complexity index is 608. The second-order valence-corrected chi connectivity index (χ2v) is 7.18. The molecule has 0 aromatic heterocycles. The largest absolute Gasteiger partial charge is 0.456 e. The Balaban J connectivity index is 6.47. The fourth-order valence-corrected chi connectivity index (χ4v) is 1.70. The van der Waals surface area contributed by atoms with E-state index in [1.54, 1.807) is 0 Å². The lowest BCUT2D eigenvalue weighted by Gasteiger charge is -2.45. The highest BCUT2D eigenvalue weighted by molar-refractivity contribution is 5.76. The van der Waals surface area contributed by atoms with Gasteiger partial charge in [0.05, 0.1) is 5.41 Å². The number of halogens is 11. The maximum atomic E-state index is 14.4. The van der Waals surface area contributed by atoms with Crippen molar-refractivity contribution in [2.75, 3.05) is 0 Å². The molecule has 0 aromatic carbocycles. The summed E-state index contributed by atoms with van der Waals surface area (Å²) >= 11 is 0. The Morgan fingerprint density at radius 1 is 0.833 bits per heavy atom. The van der Waals surface area contributed by atoms with E-state index in [-0.39, 0.29) is 13.3 Å². The summed E-state index contributed by atoms with van der Waals surface area (Å²) in [7, 11) is 0. The van der Waals surface area contributed by atoms with Gasteiger partial charge < -0.3 is 14.6 Å². The number of carbonyl (C=O) groups is 1. The molecule has 0 aliphatic heterocycles. The van der Waals surface area contributed by atoms with Crippen molar-refractivity contribution < 1.29 is 67.7 Å². The highest BCUT2D eigenvalue weighted by Crippen LogP contribution is 2.54. The number of rotatable bonds is 7. The van der Waals surface area contributed by atoms with Crippen LogP contribution in [-0.2, 0) is 14.3 Å². The Hall–Kier alpha value is -1.38. The predicted octanol–water partition coefficient (Wildman–Crippen LogP) is 5.14. The first-order chi connectivity index (χ1) is 12.8. The van der Waals surface area contributed by atoms with Crippen LogP contribution in [0.3, 0.4) is 0 Å². The van der Waals surface area contributed by atoms with Crippen molar-refractivity contribution in [2.45, 2.75) is 83.0 Å². The van der Waals surface area contributed by atoms with E-state index in [0.717, 1.165) is 13.8 Å². The van der Waals surface area contributed by atoms with Gasteiger partial charge in [0, 0.05) is 0 Å². The Kier molecular flexibility index (Phi) is 7.58. The van der Waals surface area contributed by atoms with Gasteiger partial charge in [-0.2, -0.15) is 48.3 Å². The molecule has 0 saturated heterocycles. The maximum Gasteiger partial charge on any atom is 0.449 e. The normalized spacial score (nSPS) is 18.0. The molecular formula is C15H19F11O4. The molecule has 1 N–H and O–H groups in total. The second-order valence-electron chi connectivity index (χ2n) is 7.18. The molecule has 0 fully saturated rings. The summed E-state index contributed by atoms with van der Waals surface area (Å²) < 4.78 is 152. The highest BCUT2D eigenvalue weighted by atomic mass is 19.4. The molecule has 0 rings (SSSR count). The van der Waals surface area contributed by atoms with Crippen LogP contribution in [0.4, 0.5) is 48.3 Å². The van der Waals surface area contributed by atoms with Crippen LogP contribution in [0.1, 0.15) is 41.0 Å². The quantitative estimate of drug-likeness (QED) is 0.317. The van der Waals surface area contributed by atoms with Gasteiger partial charge in [0.15, 0.2) is 6.10 Å². The number of ether oxygens (including phenoxy) is 2. The zero-order valence-electron chi connectivity index (χ0n) is 16.1. The average Bonchev–Trinajstić information content (AvgIpc) is 2.50. The molecule has 2 unspecified atom stereocenters. The Morgan fingerprint density at radius 3 is 1.47 bits per heavy atom. The molecule has 0 aliphatic carbocycles. The van der Waals surface area contributed by atoms with Crippen LogP contribution >= 0.6 is 0 Å². The van der Waals surface area contributed by atoms with Gasteiger partial charge in [-0.1, -0.05) is 6.92 Å². The third-order valence-corrected chi connectivity index (χ3v) is 4.50. The van der Waals surface area contributed by atoms with Gasteiger partial charge in [0.25, 0.3) is 5.60 Å². The molecule has 30 heavy (non-hydrogen) atoms. The molecular weight excluding hydrogens is 453 g/mol. The van der Waals surface area contributed by atoms with E-state index < -0.39 is 60.3 Å². The molecule has 2 atom stereocenters. The maximum absolute atomic E-state index is 14.4. The fourth-order valence-electron chi connectivity index (χ4n) is 1.70. The van der Waals surface area contributed by atoms with Crippen LogP contribution in [0.5, 0.6) is 0 Å². The smallest absolute Gasteiger partial charge is 0.449 e. The summed E-state index contributed by atoms with van der Waals surface area (Å²) in [6.07, 6.45) is -23.7.